The molecule has 0 aromatic carbocycles. The van der Waals surface area contributed by atoms with E-state index in [4.69, 9.17) is 9.84 Å². The van der Waals surface area contributed by atoms with Gasteiger partial charge in [-0.25, -0.2) is 13.1 Å². The fourth-order valence-corrected chi connectivity index (χ4v) is 2.10. The second-order valence-corrected chi connectivity index (χ2v) is 6.22. The van der Waals surface area contributed by atoms with E-state index in [2.05, 4.69) is 4.72 Å². The van der Waals surface area contributed by atoms with Crippen molar-refractivity contribution in [3.8, 4) is 0 Å². The van der Waals surface area contributed by atoms with Gasteiger partial charge in [0.05, 0.1) is 18.5 Å². The zero-order valence-electron chi connectivity index (χ0n) is 10.5. The van der Waals surface area contributed by atoms with E-state index < -0.39 is 16.0 Å². The lowest BCUT2D eigenvalue weighted by molar-refractivity contribution is -0.137. The van der Waals surface area contributed by atoms with Crippen LogP contribution in [0.1, 0.15) is 27.2 Å². The molecule has 2 N–H and O–H groups in total. The summed E-state index contributed by atoms with van der Waals surface area (Å²) in [5.41, 5.74) is 0. The number of sulfonamides is 1. The summed E-state index contributed by atoms with van der Waals surface area (Å²) in [4.78, 5) is 10.4. The van der Waals surface area contributed by atoms with Crippen molar-refractivity contribution in [3.63, 3.8) is 0 Å². The van der Waals surface area contributed by atoms with Gasteiger partial charge in [0.1, 0.15) is 0 Å². The minimum Gasteiger partial charge on any atom is -0.481 e. The molecule has 1 atom stereocenters. The molecule has 6 nitrogen and oxygen atoms in total. The van der Waals surface area contributed by atoms with Gasteiger partial charge < -0.3 is 9.84 Å². The highest BCUT2D eigenvalue weighted by Crippen LogP contribution is 2.00. The van der Waals surface area contributed by atoms with Gasteiger partial charge in [0.2, 0.25) is 10.0 Å². The summed E-state index contributed by atoms with van der Waals surface area (Å²) in [6.07, 6.45) is -0.0542. The Morgan fingerprint density at radius 2 is 1.94 bits per heavy atom. The summed E-state index contributed by atoms with van der Waals surface area (Å²) in [5, 5.41) is 8.52. The van der Waals surface area contributed by atoms with Crippen molar-refractivity contribution in [2.24, 2.45) is 5.92 Å². The Hall–Kier alpha value is -0.660. The largest absolute Gasteiger partial charge is 0.481 e. The van der Waals surface area contributed by atoms with Crippen LogP contribution in [0.15, 0.2) is 0 Å². The van der Waals surface area contributed by atoms with E-state index in [1.54, 1.807) is 6.92 Å². The number of carboxylic acid groups (broad SMARTS) is 1. The molecule has 0 fully saturated rings. The predicted octanol–water partition coefficient (Wildman–Crippen LogP) is 0.442. The van der Waals surface area contributed by atoms with Crippen molar-refractivity contribution in [2.45, 2.75) is 33.3 Å². The standard InChI is InChI=1S/C10H21NO5S/c1-8(2)16-4-5-17(14,15)11-7-9(3)6-10(12)13/h8-9,11H,4-7H2,1-3H3,(H,12,13). The first-order chi connectivity index (χ1) is 7.73. The van der Waals surface area contributed by atoms with E-state index in [-0.39, 0.29) is 37.3 Å². The van der Waals surface area contributed by atoms with Crippen molar-refractivity contribution in [1.29, 1.82) is 0 Å². The zero-order valence-corrected chi connectivity index (χ0v) is 11.3. The number of carbonyl (C=O) groups is 1. The summed E-state index contributed by atoms with van der Waals surface area (Å²) in [6, 6.07) is 0. The molecule has 0 radical (unpaired) electrons. The van der Waals surface area contributed by atoms with Crippen LogP contribution in [-0.4, -0.2) is 44.5 Å². The topological polar surface area (TPSA) is 92.7 Å². The Balaban J connectivity index is 3.89. The van der Waals surface area contributed by atoms with Crippen molar-refractivity contribution in [1.82, 2.24) is 4.72 Å². The normalized spacial score (nSPS) is 13.9. The van der Waals surface area contributed by atoms with Crippen LogP contribution in [0.2, 0.25) is 0 Å². The van der Waals surface area contributed by atoms with Gasteiger partial charge in [-0.05, 0) is 19.8 Å². The van der Waals surface area contributed by atoms with Gasteiger partial charge in [-0.15, -0.1) is 0 Å². The molecular weight excluding hydrogens is 246 g/mol. The van der Waals surface area contributed by atoms with Crippen LogP contribution in [-0.2, 0) is 19.6 Å². The molecule has 0 heterocycles. The molecular formula is C10H21NO5S. The number of nitrogens with one attached hydrogen (secondary N) is 1. The molecule has 0 aliphatic rings. The van der Waals surface area contributed by atoms with E-state index in [1.807, 2.05) is 13.8 Å². The molecule has 17 heavy (non-hydrogen) atoms. The highest BCUT2D eigenvalue weighted by Gasteiger charge is 2.14. The Labute approximate surface area is 102 Å². The summed E-state index contributed by atoms with van der Waals surface area (Å²) in [7, 11) is -3.38. The fraction of sp³-hybridized carbons (Fsp3) is 0.900. The quantitative estimate of drug-likeness (QED) is 0.632. The van der Waals surface area contributed by atoms with Crippen LogP contribution in [0.4, 0.5) is 0 Å². The molecule has 0 aromatic rings. The van der Waals surface area contributed by atoms with Crippen molar-refractivity contribution < 1.29 is 23.1 Å². The lowest BCUT2D eigenvalue weighted by atomic mass is 10.1. The van der Waals surface area contributed by atoms with E-state index in [0.717, 1.165) is 0 Å². The molecule has 7 heteroatoms. The number of ether oxygens (including phenoxy) is 1. The van der Waals surface area contributed by atoms with Crippen molar-refractivity contribution in [3.05, 3.63) is 0 Å². The third-order valence-corrected chi connectivity index (χ3v) is 3.29. The third kappa shape index (κ3) is 10.2. The third-order valence-electron chi connectivity index (χ3n) is 1.98. The highest BCUT2D eigenvalue weighted by molar-refractivity contribution is 7.89. The number of aliphatic carboxylic acids is 1. The van der Waals surface area contributed by atoms with Gasteiger partial charge in [0.25, 0.3) is 0 Å². The molecule has 0 rings (SSSR count). The maximum atomic E-state index is 11.5. The molecule has 0 saturated carbocycles. The maximum absolute atomic E-state index is 11.5. The Bertz CT molecular complexity index is 326. The second-order valence-electron chi connectivity index (χ2n) is 4.29. The van der Waals surface area contributed by atoms with Gasteiger partial charge in [-0.1, -0.05) is 6.92 Å². The van der Waals surface area contributed by atoms with Gasteiger partial charge in [-0.3, -0.25) is 4.79 Å². The fourth-order valence-electron chi connectivity index (χ4n) is 1.11. The van der Waals surface area contributed by atoms with E-state index in [1.165, 1.54) is 0 Å². The Morgan fingerprint density at radius 1 is 1.35 bits per heavy atom. The summed E-state index contributed by atoms with van der Waals surface area (Å²) >= 11 is 0. The predicted molar refractivity (Wildman–Crippen MR) is 64.3 cm³/mol. The molecule has 0 aromatic heterocycles. The number of hydrogen-bond donors (Lipinski definition) is 2. The van der Waals surface area contributed by atoms with E-state index >= 15 is 0 Å². The molecule has 0 aliphatic carbocycles. The lowest BCUT2D eigenvalue weighted by Gasteiger charge is -2.12. The van der Waals surface area contributed by atoms with E-state index in [0.29, 0.717) is 0 Å². The van der Waals surface area contributed by atoms with Crippen LogP contribution in [0, 0.1) is 5.92 Å². The highest BCUT2D eigenvalue weighted by atomic mass is 32.2. The molecule has 0 spiro atoms. The molecule has 102 valence electrons. The molecule has 0 bridgehead atoms. The lowest BCUT2D eigenvalue weighted by Crippen LogP contribution is -2.32. The maximum Gasteiger partial charge on any atom is 0.303 e. The monoisotopic (exact) mass is 267 g/mol. The average Bonchev–Trinajstić information content (AvgIpc) is 2.13. The van der Waals surface area contributed by atoms with Gasteiger partial charge in [-0.2, -0.15) is 0 Å². The summed E-state index contributed by atoms with van der Waals surface area (Å²) < 4.78 is 30.4. The smallest absolute Gasteiger partial charge is 0.303 e. The van der Waals surface area contributed by atoms with Crippen LogP contribution in [0.3, 0.4) is 0 Å². The minimum atomic E-state index is -3.38. The Morgan fingerprint density at radius 3 is 2.41 bits per heavy atom. The first kappa shape index (κ1) is 16.3. The van der Waals surface area contributed by atoms with Gasteiger partial charge >= 0.3 is 5.97 Å². The second kappa shape index (κ2) is 7.62. The van der Waals surface area contributed by atoms with Gasteiger partial charge in [0, 0.05) is 13.0 Å². The number of rotatable bonds is 9. The zero-order chi connectivity index (χ0) is 13.5. The first-order valence-corrected chi connectivity index (χ1v) is 7.19. The Kier molecular flexibility index (Phi) is 7.33. The van der Waals surface area contributed by atoms with Gasteiger partial charge in [0.15, 0.2) is 0 Å². The average molecular weight is 267 g/mol. The molecule has 0 saturated heterocycles. The summed E-state index contributed by atoms with van der Waals surface area (Å²) in [5.74, 6) is -1.27. The van der Waals surface area contributed by atoms with Crippen LogP contribution in [0.25, 0.3) is 0 Å². The van der Waals surface area contributed by atoms with Crippen LogP contribution in [0.5, 0.6) is 0 Å². The number of hydrogen-bond acceptors (Lipinski definition) is 4. The van der Waals surface area contributed by atoms with Crippen LogP contribution < -0.4 is 4.72 Å². The van der Waals surface area contributed by atoms with E-state index in [9.17, 15) is 13.2 Å². The summed E-state index contributed by atoms with van der Waals surface area (Å²) in [6.45, 7) is 5.61. The number of carboxylic acids is 1. The molecule has 0 aliphatic heterocycles. The van der Waals surface area contributed by atoms with Crippen LogP contribution >= 0.6 is 0 Å². The van der Waals surface area contributed by atoms with Crippen molar-refractivity contribution >= 4 is 16.0 Å². The van der Waals surface area contributed by atoms with Crippen molar-refractivity contribution in [2.75, 3.05) is 18.9 Å². The minimum absolute atomic E-state index is 0.00358. The molecule has 0 amide bonds. The first-order valence-electron chi connectivity index (χ1n) is 5.53. The SMILES string of the molecule is CC(CNS(=O)(=O)CCOC(C)C)CC(=O)O. The molecule has 1 unspecified atom stereocenters.